The average Bonchev–Trinajstić information content (AvgIpc) is 2.35. The summed E-state index contributed by atoms with van der Waals surface area (Å²) < 4.78 is 0. The number of nitro groups is 1. The molecular weight excluding hydrogens is 272 g/mol. The maximum absolute atomic E-state index is 11.9. The normalized spacial score (nSPS) is 12.3. The second-order valence-corrected chi connectivity index (χ2v) is 4.67. The molecule has 0 radical (unpaired) electrons. The van der Waals surface area contributed by atoms with Crippen molar-refractivity contribution in [2.75, 3.05) is 20.6 Å². The van der Waals surface area contributed by atoms with Crippen LogP contribution in [-0.4, -0.2) is 47.4 Å². The molecule has 0 spiro atoms. The fraction of sp³-hybridized carbons (Fsp3) is 0.455. The van der Waals surface area contributed by atoms with Crippen LogP contribution in [0.15, 0.2) is 12.3 Å². The van der Waals surface area contributed by atoms with Crippen molar-refractivity contribution in [3.05, 3.63) is 33.1 Å². The van der Waals surface area contributed by atoms with Crippen LogP contribution in [0.1, 0.15) is 17.3 Å². The molecule has 1 heterocycles. The van der Waals surface area contributed by atoms with Crippen LogP contribution in [0.4, 0.5) is 5.69 Å². The van der Waals surface area contributed by atoms with Crippen LogP contribution in [0, 0.1) is 10.1 Å². The van der Waals surface area contributed by atoms with Crippen molar-refractivity contribution >= 4 is 23.2 Å². The van der Waals surface area contributed by atoms with Crippen molar-refractivity contribution in [1.29, 1.82) is 0 Å². The zero-order valence-corrected chi connectivity index (χ0v) is 11.6. The Kier molecular flexibility index (Phi) is 5.20. The van der Waals surface area contributed by atoms with Crippen molar-refractivity contribution in [3.8, 4) is 0 Å². The molecule has 0 saturated heterocycles. The Hall–Kier alpha value is -1.73. The number of rotatable bonds is 5. The second-order valence-electron chi connectivity index (χ2n) is 4.31. The lowest BCUT2D eigenvalue weighted by atomic mass is 10.2. The highest BCUT2D eigenvalue weighted by atomic mass is 35.5. The minimum atomic E-state index is -0.622. The van der Waals surface area contributed by atoms with E-state index in [2.05, 4.69) is 10.3 Å². The van der Waals surface area contributed by atoms with Crippen LogP contribution in [0.25, 0.3) is 0 Å². The molecule has 0 saturated carbocycles. The molecule has 1 aromatic rings. The van der Waals surface area contributed by atoms with Crippen molar-refractivity contribution in [2.24, 2.45) is 0 Å². The Labute approximate surface area is 115 Å². The van der Waals surface area contributed by atoms with Gasteiger partial charge in [-0.05, 0) is 21.0 Å². The first kappa shape index (κ1) is 15.3. The topological polar surface area (TPSA) is 88.4 Å². The molecule has 0 aromatic carbocycles. The van der Waals surface area contributed by atoms with E-state index in [4.69, 9.17) is 11.6 Å². The molecular formula is C11H15ClN4O3. The molecule has 1 aromatic heterocycles. The summed E-state index contributed by atoms with van der Waals surface area (Å²) in [7, 11) is 3.78. The Balaban J connectivity index is 2.82. The van der Waals surface area contributed by atoms with E-state index in [9.17, 15) is 14.9 Å². The van der Waals surface area contributed by atoms with Gasteiger partial charge in [0.25, 0.3) is 11.6 Å². The summed E-state index contributed by atoms with van der Waals surface area (Å²) in [6.07, 6.45) is 1.02. The fourth-order valence-electron chi connectivity index (χ4n) is 1.21. The van der Waals surface area contributed by atoms with Gasteiger partial charge in [0, 0.05) is 18.7 Å². The number of aromatic nitrogens is 1. The molecule has 0 aliphatic rings. The number of pyridine rings is 1. The second kappa shape index (κ2) is 6.44. The first-order valence-corrected chi connectivity index (χ1v) is 5.95. The Bertz CT molecular complexity index is 493. The lowest BCUT2D eigenvalue weighted by Gasteiger charge is -2.19. The molecule has 0 bridgehead atoms. The molecule has 1 unspecified atom stereocenters. The molecule has 1 N–H and O–H groups in total. The lowest BCUT2D eigenvalue weighted by molar-refractivity contribution is -0.385. The predicted molar refractivity (Wildman–Crippen MR) is 71.4 cm³/mol. The van der Waals surface area contributed by atoms with Crippen molar-refractivity contribution in [2.45, 2.75) is 13.0 Å². The quantitative estimate of drug-likeness (QED) is 0.501. The average molecular weight is 287 g/mol. The predicted octanol–water partition coefficient (Wildman–Crippen LogP) is 1.32. The van der Waals surface area contributed by atoms with E-state index in [1.807, 2.05) is 25.9 Å². The first-order valence-electron chi connectivity index (χ1n) is 5.57. The van der Waals surface area contributed by atoms with Gasteiger partial charge in [-0.25, -0.2) is 4.98 Å². The molecule has 0 aliphatic heterocycles. The van der Waals surface area contributed by atoms with E-state index < -0.39 is 10.8 Å². The van der Waals surface area contributed by atoms with Gasteiger partial charge in [-0.2, -0.15) is 0 Å². The maximum atomic E-state index is 11.9. The molecule has 7 nitrogen and oxygen atoms in total. The number of halogens is 1. The molecule has 1 amide bonds. The number of carbonyl (C=O) groups is 1. The number of hydrogen-bond donors (Lipinski definition) is 1. The highest BCUT2D eigenvalue weighted by Crippen LogP contribution is 2.18. The van der Waals surface area contributed by atoms with Gasteiger partial charge in [0.05, 0.1) is 10.5 Å². The molecule has 1 atom stereocenters. The standard InChI is InChI=1S/C11H15ClN4O3/c1-7(15(2)3)5-14-11(17)9-4-8(16(18)19)6-13-10(9)12/h4,6-7H,5H2,1-3H3,(H,14,17). The van der Waals surface area contributed by atoms with Gasteiger partial charge < -0.3 is 10.2 Å². The Morgan fingerprint density at radius 2 is 2.26 bits per heavy atom. The van der Waals surface area contributed by atoms with Gasteiger partial charge in [0.15, 0.2) is 0 Å². The summed E-state index contributed by atoms with van der Waals surface area (Å²) >= 11 is 5.77. The van der Waals surface area contributed by atoms with E-state index in [1.165, 1.54) is 0 Å². The number of carbonyl (C=O) groups excluding carboxylic acids is 1. The summed E-state index contributed by atoms with van der Waals surface area (Å²) in [5.74, 6) is -0.477. The zero-order chi connectivity index (χ0) is 14.6. The smallest absolute Gasteiger partial charge is 0.288 e. The Morgan fingerprint density at radius 1 is 1.63 bits per heavy atom. The summed E-state index contributed by atoms with van der Waals surface area (Å²) in [4.78, 5) is 27.5. The van der Waals surface area contributed by atoms with Crippen LogP contribution in [0.5, 0.6) is 0 Å². The molecule has 19 heavy (non-hydrogen) atoms. The van der Waals surface area contributed by atoms with Crippen LogP contribution in [-0.2, 0) is 0 Å². The third-order valence-electron chi connectivity index (χ3n) is 2.72. The van der Waals surface area contributed by atoms with Gasteiger partial charge in [0.2, 0.25) is 0 Å². The van der Waals surface area contributed by atoms with Crippen LogP contribution in [0.3, 0.4) is 0 Å². The van der Waals surface area contributed by atoms with Crippen LogP contribution < -0.4 is 5.32 Å². The van der Waals surface area contributed by atoms with E-state index in [-0.39, 0.29) is 22.4 Å². The first-order chi connectivity index (χ1) is 8.82. The molecule has 104 valence electrons. The SMILES string of the molecule is CC(CNC(=O)c1cc([N+](=O)[O-])cnc1Cl)N(C)C. The molecule has 0 aliphatic carbocycles. The lowest BCUT2D eigenvalue weighted by Crippen LogP contribution is -2.38. The van der Waals surface area contributed by atoms with Crippen LogP contribution in [0.2, 0.25) is 5.15 Å². The Morgan fingerprint density at radius 3 is 2.79 bits per heavy atom. The summed E-state index contributed by atoms with van der Waals surface area (Å²) in [5.41, 5.74) is -0.267. The third kappa shape index (κ3) is 4.15. The van der Waals surface area contributed by atoms with E-state index >= 15 is 0 Å². The van der Waals surface area contributed by atoms with E-state index in [0.717, 1.165) is 12.3 Å². The molecule has 1 rings (SSSR count). The fourth-order valence-corrected chi connectivity index (χ4v) is 1.40. The number of nitrogens with zero attached hydrogens (tertiary/aromatic N) is 3. The van der Waals surface area contributed by atoms with Gasteiger partial charge in [0.1, 0.15) is 11.3 Å². The van der Waals surface area contributed by atoms with E-state index in [1.54, 1.807) is 0 Å². The van der Waals surface area contributed by atoms with Gasteiger partial charge in [-0.15, -0.1) is 0 Å². The minimum Gasteiger partial charge on any atom is -0.350 e. The van der Waals surface area contributed by atoms with Gasteiger partial charge >= 0.3 is 0 Å². The number of likely N-dealkylation sites (N-methyl/N-ethyl adjacent to an activating group) is 1. The van der Waals surface area contributed by atoms with Crippen molar-refractivity contribution in [3.63, 3.8) is 0 Å². The number of amides is 1. The third-order valence-corrected chi connectivity index (χ3v) is 3.02. The van der Waals surface area contributed by atoms with Crippen molar-refractivity contribution in [1.82, 2.24) is 15.2 Å². The number of hydrogen-bond acceptors (Lipinski definition) is 5. The maximum Gasteiger partial charge on any atom is 0.288 e. The molecule has 8 heteroatoms. The van der Waals surface area contributed by atoms with Crippen LogP contribution >= 0.6 is 11.6 Å². The monoisotopic (exact) mass is 286 g/mol. The summed E-state index contributed by atoms with van der Waals surface area (Å²) in [6, 6.07) is 1.25. The molecule has 0 fully saturated rings. The minimum absolute atomic E-state index is 0.00169. The van der Waals surface area contributed by atoms with Gasteiger partial charge in [-0.1, -0.05) is 11.6 Å². The summed E-state index contributed by atoms with van der Waals surface area (Å²) in [5, 5.41) is 13.2. The van der Waals surface area contributed by atoms with Gasteiger partial charge in [-0.3, -0.25) is 14.9 Å². The number of nitrogens with one attached hydrogen (secondary N) is 1. The highest BCUT2D eigenvalue weighted by molar-refractivity contribution is 6.32. The highest BCUT2D eigenvalue weighted by Gasteiger charge is 2.17. The summed E-state index contributed by atoms with van der Waals surface area (Å²) in [6.45, 7) is 2.35. The van der Waals surface area contributed by atoms with Crippen molar-refractivity contribution < 1.29 is 9.72 Å². The zero-order valence-electron chi connectivity index (χ0n) is 10.9. The largest absolute Gasteiger partial charge is 0.350 e. The van der Waals surface area contributed by atoms with E-state index in [0.29, 0.717) is 6.54 Å².